The van der Waals surface area contributed by atoms with E-state index in [4.69, 9.17) is 15.2 Å². The van der Waals surface area contributed by atoms with E-state index in [2.05, 4.69) is 31.1 Å². The van der Waals surface area contributed by atoms with E-state index >= 15 is 0 Å². The Hall–Kier alpha value is -1.68. The maximum absolute atomic E-state index is 5.86. The standard InChI is InChI=1S/C17H23N3O/c1-17(2,13-8-4-3-5-9-13)16-19-15(21-20-16)14-10-6-7-12(14)11-18/h3-5,8-9,12,14H,6-7,10-11,18H2,1-2H3. The first kappa shape index (κ1) is 14.3. The van der Waals surface area contributed by atoms with Crippen LogP contribution in [0, 0.1) is 5.92 Å². The van der Waals surface area contributed by atoms with Gasteiger partial charge in [0.2, 0.25) is 5.89 Å². The fourth-order valence-corrected chi connectivity index (χ4v) is 3.27. The van der Waals surface area contributed by atoms with Gasteiger partial charge < -0.3 is 10.3 Å². The lowest BCUT2D eigenvalue weighted by Gasteiger charge is -2.20. The first-order chi connectivity index (χ1) is 10.1. The fraction of sp³-hybridized carbons (Fsp3) is 0.529. The average Bonchev–Trinajstić information content (AvgIpc) is 3.16. The summed E-state index contributed by atoms with van der Waals surface area (Å²) in [6.45, 7) is 4.96. The summed E-state index contributed by atoms with van der Waals surface area (Å²) < 4.78 is 5.57. The second kappa shape index (κ2) is 5.60. The lowest BCUT2D eigenvalue weighted by atomic mass is 9.84. The van der Waals surface area contributed by atoms with Crippen molar-refractivity contribution in [1.82, 2.24) is 10.1 Å². The molecular formula is C17H23N3O. The zero-order valence-electron chi connectivity index (χ0n) is 12.7. The van der Waals surface area contributed by atoms with Crippen molar-refractivity contribution in [2.75, 3.05) is 6.54 Å². The average molecular weight is 285 g/mol. The first-order valence-corrected chi connectivity index (χ1v) is 7.72. The maximum atomic E-state index is 5.86. The summed E-state index contributed by atoms with van der Waals surface area (Å²) in [5.41, 5.74) is 6.80. The quantitative estimate of drug-likeness (QED) is 0.936. The Kier molecular flexibility index (Phi) is 3.81. The van der Waals surface area contributed by atoms with Crippen LogP contribution in [0.4, 0.5) is 0 Å². The molecule has 3 rings (SSSR count). The molecule has 2 unspecified atom stereocenters. The van der Waals surface area contributed by atoms with Gasteiger partial charge in [-0.2, -0.15) is 4.98 Å². The van der Waals surface area contributed by atoms with E-state index in [1.807, 2.05) is 18.2 Å². The van der Waals surface area contributed by atoms with E-state index < -0.39 is 0 Å². The largest absolute Gasteiger partial charge is 0.339 e. The minimum Gasteiger partial charge on any atom is -0.339 e. The molecule has 0 amide bonds. The molecule has 1 saturated carbocycles. The van der Waals surface area contributed by atoms with Gasteiger partial charge in [0.25, 0.3) is 0 Å². The highest BCUT2D eigenvalue weighted by atomic mass is 16.5. The number of aromatic nitrogens is 2. The van der Waals surface area contributed by atoms with E-state index in [1.165, 1.54) is 18.4 Å². The van der Waals surface area contributed by atoms with Crippen LogP contribution in [-0.4, -0.2) is 16.7 Å². The molecule has 2 N–H and O–H groups in total. The van der Waals surface area contributed by atoms with Crippen molar-refractivity contribution in [2.45, 2.75) is 44.4 Å². The van der Waals surface area contributed by atoms with Gasteiger partial charge in [-0.3, -0.25) is 0 Å². The van der Waals surface area contributed by atoms with E-state index in [9.17, 15) is 0 Å². The number of nitrogens with zero attached hydrogens (tertiary/aromatic N) is 2. The molecule has 4 nitrogen and oxygen atoms in total. The smallest absolute Gasteiger partial charge is 0.230 e. The van der Waals surface area contributed by atoms with Crippen LogP contribution in [0.2, 0.25) is 0 Å². The second-order valence-electron chi connectivity index (χ2n) is 6.48. The highest BCUT2D eigenvalue weighted by molar-refractivity contribution is 5.30. The summed E-state index contributed by atoms with van der Waals surface area (Å²) in [4.78, 5) is 4.71. The van der Waals surface area contributed by atoms with Gasteiger partial charge in [-0.25, -0.2) is 0 Å². The van der Waals surface area contributed by atoms with Gasteiger partial charge in [-0.1, -0.05) is 41.9 Å². The van der Waals surface area contributed by atoms with Crippen molar-refractivity contribution >= 4 is 0 Å². The molecule has 1 aromatic carbocycles. The molecule has 2 aromatic rings. The predicted octanol–water partition coefficient (Wildman–Crippen LogP) is 3.24. The molecule has 0 bridgehead atoms. The molecule has 0 spiro atoms. The normalized spacial score (nSPS) is 22.6. The van der Waals surface area contributed by atoms with Gasteiger partial charge in [0.15, 0.2) is 5.82 Å². The maximum Gasteiger partial charge on any atom is 0.230 e. The molecule has 1 aliphatic rings. The predicted molar refractivity (Wildman–Crippen MR) is 82.0 cm³/mol. The number of nitrogens with two attached hydrogens (primary N) is 1. The monoisotopic (exact) mass is 285 g/mol. The Labute approximate surface area is 125 Å². The van der Waals surface area contributed by atoms with E-state index in [-0.39, 0.29) is 5.41 Å². The van der Waals surface area contributed by atoms with Crippen LogP contribution >= 0.6 is 0 Å². The van der Waals surface area contributed by atoms with Crippen molar-refractivity contribution in [2.24, 2.45) is 11.7 Å². The lowest BCUT2D eigenvalue weighted by Crippen LogP contribution is -2.21. The third-order valence-corrected chi connectivity index (χ3v) is 4.78. The Morgan fingerprint density at radius 2 is 2.00 bits per heavy atom. The molecule has 4 heteroatoms. The zero-order chi connectivity index (χ0) is 14.9. The summed E-state index contributed by atoms with van der Waals surface area (Å²) in [5.74, 6) is 2.34. The van der Waals surface area contributed by atoms with Crippen LogP contribution in [-0.2, 0) is 5.41 Å². The second-order valence-corrected chi connectivity index (χ2v) is 6.48. The van der Waals surface area contributed by atoms with Gasteiger partial charge in [-0.15, -0.1) is 0 Å². The molecule has 0 aliphatic heterocycles. The summed E-state index contributed by atoms with van der Waals surface area (Å²) in [7, 11) is 0. The van der Waals surface area contributed by atoms with Crippen LogP contribution in [0.1, 0.15) is 56.3 Å². The van der Waals surface area contributed by atoms with Crippen LogP contribution in [0.25, 0.3) is 0 Å². The van der Waals surface area contributed by atoms with Crippen molar-refractivity contribution < 1.29 is 4.52 Å². The molecule has 1 fully saturated rings. The van der Waals surface area contributed by atoms with Crippen LogP contribution in [0.5, 0.6) is 0 Å². The number of benzene rings is 1. The minimum absolute atomic E-state index is 0.250. The Balaban J connectivity index is 1.88. The number of hydrogen-bond donors (Lipinski definition) is 1. The van der Waals surface area contributed by atoms with Crippen LogP contribution < -0.4 is 5.73 Å². The van der Waals surface area contributed by atoms with E-state index in [0.717, 1.165) is 18.1 Å². The molecular weight excluding hydrogens is 262 g/mol. The lowest BCUT2D eigenvalue weighted by molar-refractivity contribution is 0.320. The molecule has 0 saturated heterocycles. The minimum atomic E-state index is -0.250. The topological polar surface area (TPSA) is 64.9 Å². The third-order valence-electron chi connectivity index (χ3n) is 4.78. The summed E-state index contributed by atoms with van der Waals surface area (Å²) in [5, 5.41) is 4.25. The summed E-state index contributed by atoms with van der Waals surface area (Å²) >= 11 is 0. The molecule has 112 valence electrons. The molecule has 1 aliphatic carbocycles. The molecule has 1 aromatic heterocycles. The molecule has 2 atom stereocenters. The molecule has 1 heterocycles. The van der Waals surface area contributed by atoms with E-state index in [1.54, 1.807) is 0 Å². The Bertz CT molecular complexity index is 591. The number of hydrogen-bond acceptors (Lipinski definition) is 4. The Morgan fingerprint density at radius 1 is 1.24 bits per heavy atom. The van der Waals surface area contributed by atoms with Crippen molar-refractivity contribution in [3.05, 3.63) is 47.6 Å². The van der Waals surface area contributed by atoms with Crippen LogP contribution in [0.15, 0.2) is 34.9 Å². The van der Waals surface area contributed by atoms with Crippen molar-refractivity contribution in [3.63, 3.8) is 0 Å². The Morgan fingerprint density at radius 3 is 2.71 bits per heavy atom. The van der Waals surface area contributed by atoms with E-state index in [0.29, 0.717) is 18.4 Å². The van der Waals surface area contributed by atoms with Gasteiger partial charge in [-0.05, 0) is 44.7 Å². The molecule has 21 heavy (non-hydrogen) atoms. The first-order valence-electron chi connectivity index (χ1n) is 7.72. The van der Waals surface area contributed by atoms with Crippen molar-refractivity contribution in [3.8, 4) is 0 Å². The summed E-state index contributed by atoms with van der Waals surface area (Å²) in [6.07, 6.45) is 3.47. The van der Waals surface area contributed by atoms with Crippen molar-refractivity contribution in [1.29, 1.82) is 0 Å². The zero-order valence-corrected chi connectivity index (χ0v) is 12.7. The van der Waals surface area contributed by atoms with Crippen LogP contribution in [0.3, 0.4) is 0 Å². The van der Waals surface area contributed by atoms with Gasteiger partial charge >= 0.3 is 0 Å². The third kappa shape index (κ3) is 2.60. The van der Waals surface area contributed by atoms with Gasteiger partial charge in [0.1, 0.15) is 0 Å². The van der Waals surface area contributed by atoms with Gasteiger partial charge in [0, 0.05) is 5.92 Å². The molecule has 0 radical (unpaired) electrons. The highest BCUT2D eigenvalue weighted by Crippen LogP contribution is 2.39. The number of rotatable bonds is 4. The highest BCUT2D eigenvalue weighted by Gasteiger charge is 2.35. The summed E-state index contributed by atoms with van der Waals surface area (Å²) in [6, 6.07) is 10.3. The van der Waals surface area contributed by atoms with Gasteiger partial charge in [0.05, 0.1) is 5.41 Å². The fourth-order valence-electron chi connectivity index (χ4n) is 3.27. The SMILES string of the molecule is CC(C)(c1ccccc1)c1noc(C2CCCC2CN)n1.